The van der Waals surface area contributed by atoms with Crippen molar-refractivity contribution in [3.05, 3.63) is 48.6 Å². The maximum atomic E-state index is 12.9. The predicted molar refractivity (Wildman–Crippen MR) is 277 cm³/mol. The van der Waals surface area contributed by atoms with Crippen molar-refractivity contribution in [3.8, 4) is 0 Å². The molecule has 1 amide bonds. The minimum atomic E-state index is -4.36. The van der Waals surface area contributed by atoms with Gasteiger partial charge in [0.05, 0.1) is 39.9 Å². The van der Waals surface area contributed by atoms with Crippen molar-refractivity contribution in [1.29, 1.82) is 0 Å². The number of phosphoric acid groups is 1. The molecule has 0 bridgehead atoms. The summed E-state index contributed by atoms with van der Waals surface area (Å²) in [5, 5.41) is 13.9. The number of unbranched alkanes of at least 4 members (excludes halogenated alkanes) is 30. The van der Waals surface area contributed by atoms with Gasteiger partial charge in [-0.2, -0.15) is 0 Å². The minimum absolute atomic E-state index is 0.0528. The van der Waals surface area contributed by atoms with E-state index in [0.717, 1.165) is 44.9 Å². The second-order valence-electron chi connectivity index (χ2n) is 19.6. The Kier molecular flexibility index (Phi) is 45.4. The lowest BCUT2D eigenvalue weighted by atomic mass is 10.0. The van der Waals surface area contributed by atoms with Crippen LogP contribution in [0.5, 0.6) is 0 Å². The van der Waals surface area contributed by atoms with E-state index in [4.69, 9.17) is 9.05 Å². The number of amides is 1. The highest BCUT2D eigenvalue weighted by Gasteiger charge is 2.27. The van der Waals surface area contributed by atoms with E-state index < -0.39 is 20.0 Å². The Bertz CT molecular complexity index is 1180. The van der Waals surface area contributed by atoms with E-state index in [-0.39, 0.29) is 19.1 Å². The van der Waals surface area contributed by atoms with Crippen LogP contribution in [0.15, 0.2) is 48.6 Å². The summed E-state index contributed by atoms with van der Waals surface area (Å²) in [7, 11) is 1.55. The van der Waals surface area contributed by atoms with Crippen LogP contribution < -0.4 is 5.32 Å². The van der Waals surface area contributed by atoms with Crippen LogP contribution in [-0.2, 0) is 18.4 Å². The van der Waals surface area contributed by atoms with Crippen LogP contribution in [0.2, 0.25) is 0 Å². The summed E-state index contributed by atoms with van der Waals surface area (Å²) in [6.45, 7) is 4.79. The van der Waals surface area contributed by atoms with Gasteiger partial charge in [0.2, 0.25) is 5.91 Å². The average molecular weight is 922 g/mol. The van der Waals surface area contributed by atoms with E-state index in [1.165, 1.54) is 180 Å². The van der Waals surface area contributed by atoms with Gasteiger partial charge >= 0.3 is 7.82 Å². The molecule has 64 heavy (non-hydrogen) atoms. The first-order chi connectivity index (χ1) is 31.0. The van der Waals surface area contributed by atoms with Crippen molar-refractivity contribution in [2.45, 2.75) is 257 Å². The highest BCUT2D eigenvalue weighted by atomic mass is 31.2. The summed E-state index contributed by atoms with van der Waals surface area (Å²) < 4.78 is 23.6. The third kappa shape index (κ3) is 48.4. The highest BCUT2D eigenvalue weighted by molar-refractivity contribution is 7.47. The number of rotatable bonds is 49. The molecule has 0 saturated heterocycles. The molecule has 3 atom stereocenters. The molecular formula is C55H106N2O6P+. The Balaban J connectivity index is 4.25. The summed E-state index contributed by atoms with van der Waals surface area (Å²) in [5.74, 6) is -0.192. The molecule has 0 aliphatic carbocycles. The molecule has 0 rings (SSSR count). The van der Waals surface area contributed by atoms with Crippen molar-refractivity contribution in [2.24, 2.45) is 0 Å². The molecule has 8 nitrogen and oxygen atoms in total. The molecule has 376 valence electrons. The molecule has 0 aliphatic heterocycles. The summed E-state index contributed by atoms with van der Waals surface area (Å²) in [6.07, 6.45) is 60.7. The number of aliphatic hydroxyl groups excluding tert-OH is 1. The lowest BCUT2D eigenvalue weighted by molar-refractivity contribution is -0.870. The zero-order valence-corrected chi connectivity index (χ0v) is 43.7. The molecule has 0 aromatic heterocycles. The van der Waals surface area contributed by atoms with Gasteiger partial charge in [-0.15, -0.1) is 0 Å². The van der Waals surface area contributed by atoms with Crippen LogP contribution in [0.25, 0.3) is 0 Å². The maximum Gasteiger partial charge on any atom is 0.472 e. The van der Waals surface area contributed by atoms with E-state index in [1.54, 1.807) is 6.08 Å². The second kappa shape index (κ2) is 46.6. The number of nitrogens with one attached hydrogen (secondary N) is 1. The fourth-order valence-corrected chi connectivity index (χ4v) is 8.45. The van der Waals surface area contributed by atoms with Gasteiger partial charge in [0, 0.05) is 6.42 Å². The summed E-state index contributed by atoms with van der Waals surface area (Å²) >= 11 is 0. The van der Waals surface area contributed by atoms with Crippen molar-refractivity contribution in [3.63, 3.8) is 0 Å². The first-order valence-corrected chi connectivity index (χ1v) is 28.5. The number of carbonyl (C=O) groups is 1. The van der Waals surface area contributed by atoms with Crippen molar-refractivity contribution < 1.29 is 32.9 Å². The molecule has 0 aromatic carbocycles. The molecule has 0 radical (unpaired) electrons. The van der Waals surface area contributed by atoms with E-state index in [2.05, 4.69) is 55.6 Å². The smallest absolute Gasteiger partial charge is 0.387 e. The Labute approximate surface area is 397 Å². The number of nitrogens with zero attached hydrogens (tertiary/aromatic N) is 1. The largest absolute Gasteiger partial charge is 0.472 e. The second-order valence-corrected chi connectivity index (χ2v) is 21.0. The monoisotopic (exact) mass is 922 g/mol. The van der Waals surface area contributed by atoms with Gasteiger partial charge in [-0.1, -0.05) is 217 Å². The molecular weight excluding hydrogens is 816 g/mol. The molecule has 0 spiro atoms. The van der Waals surface area contributed by atoms with E-state index in [9.17, 15) is 19.4 Å². The van der Waals surface area contributed by atoms with Gasteiger partial charge in [0.1, 0.15) is 13.2 Å². The van der Waals surface area contributed by atoms with Gasteiger partial charge in [-0.3, -0.25) is 13.8 Å². The van der Waals surface area contributed by atoms with E-state index in [0.29, 0.717) is 17.4 Å². The van der Waals surface area contributed by atoms with Gasteiger partial charge in [0.15, 0.2) is 0 Å². The lowest BCUT2D eigenvalue weighted by Gasteiger charge is -2.25. The Morgan fingerprint density at radius 1 is 0.516 bits per heavy atom. The minimum Gasteiger partial charge on any atom is -0.387 e. The number of quaternary nitrogens is 1. The number of hydrogen-bond acceptors (Lipinski definition) is 5. The molecule has 3 N–H and O–H groups in total. The van der Waals surface area contributed by atoms with Crippen molar-refractivity contribution >= 4 is 13.7 Å². The molecule has 0 aliphatic rings. The topological polar surface area (TPSA) is 105 Å². The van der Waals surface area contributed by atoms with Gasteiger partial charge in [-0.25, -0.2) is 4.57 Å². The van der Waals surface area contributed by atoms with Crippen molar-refractivity contribution in [2.75, 3.05) is 40.9 Å². The van der Waals surface area contributed by atoms with Gasteiger partial charge < -0.3 is 19.8 Å². The lowest BCUT2D eigenvalue weighted by Crippen LogP contribution is -2.45. The zero-order valence-electron chi connectivity index (χ0n) is 42.8. The fourth-order valence-electron chi connectivity index (χ4n) is 7.72. The van der Waals surface area contributed by atoms with Crippen LogP contribution in [0.3, 0.4) is 0 Å². The van der Waals surface area contributed by atoms with E-state index >= 15 is 0 Å². The first kappa shape index (κ1) is 62.5. The van der Waals surface area contributed by atoms with Crippen molar-refractivity contribution in [1.82, 2.24) is 5.32 Å². The quantitative estimate of drug-likeness (QED) is 0.0243. The van der Waals surface area contributed by atoms with Gasteiger partial charge in [0.25, 0.3) is 0 Å². The van der Waals surface area contributed by atoms with Crippen LogP contribution in [0.1, 0.15) is 245 Å². The maximum absolute atomic E-state index is 12.9. The van der Waals surface area contributed by atoms with Crippen LogP contribution >= 0.6 is 7.82 Å². The Morgan fingerprint density at radius 2 is 0.859 bits per heavy atom. The van der Waals surface area contributed by atoms with E-state index in [1.807, 2.05) is 27.2 Å². The normalized spacial score (nSPS) is 14.4. The Morgan fingerprint density at radius 3 is 1.25 bits per heavy atom. The molecule has 0 fully saturated rings. The average Bonchev–Trinajstić information content (AvgIpc) is 3.25. The molecule has 0 heterocycles. The standard InChI is InChI=1S/C55H105N2O6P/c1-6-8-10-12-14-16-18-20-22-24-25-26-27-28-29-30-31-32-33-35-37-39-41-43-45-47-49-55(59)56-53(52-63-64(60,61)62-51-50-57(3,4)5)54(58)48-46-44-42-40-38-36-34-23-21-19-17-15-13-11-9-7-2/h21,23,28-29,38,40,46,48,53-54,58H,6-20,22,24-27,30-37,39,41-45,47,49-52H2,1-5H3,(H-,56,59,60,61)/p+1/b23-21+,29-28-,40-38+,48-46+. The summed E-state index contributed by atoms with van der Waals surface area (Å²) in [4.78, 5) is 23.2. The van der Waals surface area contributed by atoms with Crippen LogP contribution in [-0.4, -0.2) is 73.4 Å². The predicted octanol–water partition coefficient (Wildman–Crippen LogP) is 16.0. The fraction of sp³-hybridized carbons (Fsp3) is 0.836. The molecule has 0 saturated carbocycles. The number of aliphatic hydroxyl groups is 1. The zero-order chi connectivity index (χ0) is 47.1. The third-order valence-electron chi connectivity index (χ3n) is 12.0. The van der Waals surface area contributed by atoms with Crippen LogP contribution in [0, 0.1) is 0 Å². The SMILES string of the molecule is CCCCCCCC/C=C/CC/C=C/CC/C=C/C(O)C(COP(=O)(O)OCC[N+](C)(C)C)NC(=O)CCCCCCCCCCCC/C=C\CCCCCCCCCCCCCC. The molecule has 3 unspecified atom stereocenters. The van der Waals surface area contributed by atoms with Gasteiger partial charge in [-0.05, 0) is 70.6 Å². The third-order valence-corrected chi connectivity index (χ3v) is 13.0. The summed E-state index contributed by atoms with van der Waals surface area (Å²) in [6, 6.07) is -0.870. The summed E-state index contributed by atoms with van der Waals surface area (Å²) in [5.41, 5.74) is 0. The number of likely N-dealkylation sites (N-methyl/N-ethyl adjacent to an activating group) is 1. The Hall–Kier alpha value is -1.54. The molecule has 9 heteroatoms. The highest BCUT2D eigenvalue weighted by Crippen LogP contribution is 2.43. The van der Waals surface area contributed by atoms with Crippen LogP contribution in [0.4, 0.5) is 0 Å². The number of carbonyl (C=O) groups excluding carboxylic acids is 1. The first-order valence-electron chi connectivity index (χ1n) is 27.0. The number of allylic oxidation sites excluding steroid dienone is 7. The number of hydrogen-bond donors (Lipinski definition) is 3. The number of phosphoric ester groups is 1. The molecule has 0 aromatic rings.